The van der Waals surface area contributed by atoms with E-state index in [-0.39, 0.29) is 28.1 Å². The zero-order valence-electron chi connectivity index (χ0n) is 13.2. The van der Waals surface area contributed by atoms with Crippen LogP contribution in [0, 0.1) is 16.0 Å². The number of hydrogen-bond acceptors (Lipinski definition) is 8. The Bertz CT molecular complexity index is 951. The van der Waals surface area contributed by atoms with Crippen molar-refractivity contribution in [2.45, 2.75) is 18.9 Å². The number of nitro groups is 1. The number of non-ortho nitro benzene ring substituents is 1. The second-order valence-corrected chi connectivity index (χ2v) is 6.86. The summed E-state index contributed by atoms with van der Waals surface area (Å²) in [5, 5.41) is 29.3. The number of nitrogens with zero attached hydrogens (tertiary/aromatic N) is 4. The number of amides is 1. The molecule has 1 amide bonds. The highest BCUT2D eigenvalue weighted by Crippen LogP contribution is 2.45. The van der Waals surface area contributed by atoms with Crippen molar-refractivity contribution in [1.29, 1.82) is 0 Å². The summed E-state index contributed by atoms with van der Waals surface area (Å²) in [6, 6.07) is 4.71. The molecule has 1 aliphatic carbocycles. The molecule has 1 aromatic heterocycles. The Morgan fingerprint density at radius 2 is 2.15 bits per heavy atom. The Hall–Kier alpha value is -3.14. The predicted molar refractivity (Wildman–Crippen MR) is 90.6 cm³/mol. The van der Waals surface area contributed by atoms with Gasteiger partial charge in [-0.25, -0.2) is 0 Å². The number of rotatable bonds is 5. The molecule has 0 saturated heterocycles. The van der Waals surface area contributed by atoms with Gasteiger partial charge in [-0.3, -0.25) is 24.6 Å². The molecular formula is C16H12N4O5S. The van der Waals surface area contributed by atoms with Gasteiger partial charge in [0, 0.05) is 18.1 Å². The average molecular weight is 372 g/mol. The van der Waals surface area contributed by atoms with E-state index in [0.29, 0.717) is 18.4 Å². The lowest BCUT2D eigenvalue weighted by Gasteiger charge is -2.23. The number of ketones is 1. The van der Waals surface area contributed by atoms with Gasteiger partial charge in [0.05, 0.1) is 16.5 Å². The molecule has 0 spiro atoms. The number of carbonyl (C=O) groups excluding carboxylic acids is 2. The van der Waals surface area contributed by atoms with Crippen LogP contribution in [0.1, 0.15) is 24.4 Å². The predicted octanol–water partition coefficient (Wildman–Crippen LogP) is 2.33. The van der Waals surface area contributed by atoms with Crippen molar-refractivity contribution in [2.24, 2.45) is 5.92 Å². The molecule has 1 atom stereocenters. The third kappa shape index (κ3) is 2.54. The van der Waals surface area contributed by atoms with Crippen molar-refractivity contribution in [2.75, 3.05) is 4.90 Å². The van der Waals surface area contributed by atoms with Crippen molar-refractivity contribution in [3.8, 4) is 0 Å². The van der Waals surface area contributed by atoms with Crippen molar-refractivity contribution in [3.63, 3.8) is 0 Å². The molecule has 1 saturated carbocycles. The molecule has 0 radical (unpaired) electrons. The monoisotopic (exact) mass is 372 g/mol. The fourth-order valence-electron chi connectivity index (χ4n) is 3.02. The molecule has 2 aromatic rings. The summed E-state index contributed by atoms with van der Waals surface area (Å²) >= 11 is 1.07. The molecule has 9 nitrogen and oxygen atoms in total. The molecular weight excluding hydrogens is 360 g/mol. The Kier molecular flexibility index (Phi) is 3.76. The summed E-state index contributed by atoms with van der Waals surface area (Å²) in [6.07, 6.45) is 1.40. The summed E-state index contributed by atoms with van der Waals surface area (Å²) in [7, 11) is 0. The van der Waals surface area contributed by atoms with Crippen molar-refractivity contribution in [1.82, 2.24) is 10.2 Å². The molecule has 26 heavy (non-hydrogen) atoms. The van der Waals surface area contributed by atoms with Gasteiger partial charge in [-0.2, -0.15) is 0 Å². The van der Waals surface area contributed by atoms with E-state index in [2.05, 4.69) is 10.2 Å². The summed E-state index contributed by atoms with van der Waals surface area (Å²) in [5.41, 5.74) is 1.57. The molecule has 1 fully saturated rings. The molecule has 10 heteroatoms. The molecule has 1 aromatic carbocycles. The van der Waals surface area contributed by atoms with Crippen LogP contribution >= 0.6 is 11.3 Å². The van der Waals surface area contributed by atoms with Crippen LogP contribution in [0.3, 0.4) is 0 Å². The molecule has 132 valence electrons. The fourth-order valence-corrected chi connectivity index (χ4v) is 3.60. The highest BCUT2D eigenvalue weighted by Gasteiger charge is 2.48. The van der Waals surface area contributed by atoms with E-state index in [4.69, 9.17) is 0 Å². The van der Waals surface area contributed by atoms with Gasteiger partial charge in [-0.15, -0.1) is 10.2 Å². The van der Waals surface area contributed by atoms with E-state index in [0.717, 1.165) is 11.3 Å². The van der Waals surface area contributed by atoms with Crippen LogP contribution in [-0.4, -0.2) is 31.9 Å². The second-order valence-electron chi connectivity index (χ2n) is 6.05. The van der Waals surface area contributed by atoms with Crippen LogP contribution in [0.4, 0.5) is 10.8 Å². The summed E-state index contributed by atoms with van der Waals surface area (Å²) in [4.78, 5) is 37.1. The number of carbonyl (C=O) groups is 2. The number of aromatic nitrogens is 2. The minimum Gasteiger partial charge on any atom is -0.503 e. The van der Waals surface area contributed by atoms with Gasteiger partial charge in [0.25, 0.3) is 11.6 Å². The van der Waals surface area contributed by atoms with Crippen LogP contribution in [0.2, 0.25) is 0 Å². The maximum absolute atomic E-state index is 12.7. The molecule has 4 rings (SSSR count). The summed E-state index contributed by atoms with van der Waals surface area (Å²) < 4.78 is 0. The number of hydrogen-bond donors (Lipinski definition) is 1. The van der Waals surface area contributed by atoms with Gasteiger partial charge < -0.3 is 5.11 Å². The smallest absolute Gasteiger partial charge is 0.296 e. The van der Waals surface area contributed by atoms with Gasteiger partial charge in [0.15, 0.2) is 11.5 Å². The third-order valence-electron chi connectivity index (χ3n) is 4.37. The quantitative estimate of drug-likeness (QED) is 0.630. The normalized spacial score (nSPS) is 19.9. The Labute approximate surface area is 150 Å². The Morgan fingerprint density at radius 1 is 1.38 bits per heavy atom. The number of benzene rings is 1. The average Bonchev–Trinajstić information content (AvgIpc) is 3.29. The minimum atomic E-state index is -0.969. The van der Waals surface area contributed by atoms with E-state index < -0.39 is 22.6 Å². The first-order valence-corrected chi connectivity index (χ1v) is 8.68. The highest BCUT2D eigenvalue weighted by molar-refractivity contribution is 7.13. The largest absolute Gasteiger partial charge is 0.503 e. The molecule has 0 bridgehead atoms. The lowest BCUT2D eigenvalue weighted by Crippen LogP contribution is -2.31. The van der Waals surface area contributed by atoms with Crippen LogP contribution in [0.15, 0.2) is 41.1 Å². The van der Waals surface area contributed by atoms with Crippen LogP contribution in [0.25, 0.3) is 0 Å². The molecule has 1 unspecified atom stereocenters. The number of anilines is 1. The number of Topliss-reactive ketones (excluding diaryl/α,β-unsaturated/α-hetero) is 1. The third-order valence-corrected chi connectivity index (χ3v) is 5.06. The second kappa shape index (κ2) is 5.99. The van der Waals surface area contributed by atoms with Crippen LogP contribution in [0.5, 0.6) is 0 Å². The summed E-state index contributed by atoms with van der Waals surface area (Å²) in [6.45, 7) is 0. The van der Waals surface area contributed by atoms with Crippen molar-refractivity contribution in [3.05, 3.63) is 56.8 Å². The van der Waals surface area contributed by atoms with E-state index in [9.17, 15) is 24.8 Å². The van der Waals surface area contributed by atoms with Crippen molar-refractivity contribution >= 4 is 33.8 Å². The van der Waals surface area contributed by atoms with Gasteiger partial charge in [-0.05, 0) is 18.4 Å². The first-order valence-electron chi connectivity index (χ1n) is 7.80. The minimum absolute atomic E-state index is 0.0341. The van der Waals surface area contributed by atoms with Gasteiger partial charge in [-0.1, -0.05) is 23.5 Å². The fraction of sp³-hybridized carbons (Fsp3) is 0.250. The highest BCUT2D eigenvalue weighted by atomic mass is 32.1. The lowest BCUT2D eigenvalue weighted by molar-refractivity contribution is -0.384. The number of nitro benzene ring substituents is 1. The van der Waals surface area contributed by atoms with Gasteiger partial charge in [0.2, 0.25) is 5.13 Å². The molecule has 2 aliphatic rings. The van der Waals surface area contributed by atoms with E-state index in [1.807, 2.05) is 0 Å². The van der Waals surface area contributed by atoms with Gasteiger partial charge >= 0.3 is 0 Å². The van der Waals surface area contributed by atoms with Gasteiger partial charge in [0.1, 0.15) is 5.51 Å². The van der Waals surface area contributed by atoms with Crippen LogP contribution in [-0.2, 0) is 9.59 Å². The first kappa shape index (κ1) is 16.3. The van der Waals surface area contributed by atoms with Crippen molar-refractivity contribution < 1.29 is 19.6 Å². The molecule has 1 N–H and O–H groups in total. The SMILES string of the molecule is O=C(C1=C(O)C(=O)N(c2nncs2)C1c1cccc([N+](=O)[O-])c1)C1CC1. The van der Waals surface area contributed by atoms with E-state index in [1.54, 1.807) is 6.07 Å². The Morgan fingerprint density at radius 3 is 2.77 bits per heavy atom. The van der Waals surface area contributed by atoms with Crippen LogP contribution < -0.4 is 4.90 Å². The maximum atomic E-state index is 12.7. The van der Waals surface area contributed by atoms with E-state index >= 15 is 0 Å². The molecule has 1 aliphatic heterocycles. The number of aliphatic hydroxyl groups excluding tert-OH is 1. The topological polar surface area (TPSA) is 127 Å². The lowest BCUT2D eigenvalue weighted by atomic mass is 9.94. The molecule has 2 heterocycles. The summed E-state index contributed by atoms with van der Waals surface area (Å²) in [5.74, 6) is -1.93. The maximum Gasteiger partial charge on any atom is 0.296 e. The zero-order chi connectivity index (χ0) is 18.4. The van der Waals surface area contributed by atoms with E-state index in [1.165, 1.54) is 28.6 Å². The Balaban J connectivity index is 1.87. The standard InChI is InChI=1S/C16H12N4O5S/c21-13(8-4-5-8)11-12(9-2-1-3-10(6-9)20(24)25)19(15(23)14(11)22)16-18-17-7-26-16/h1-3,6-8,12,22H,4-5H2. The number of aliphatic hydroxyl groups is 1. The zero-order valence-corrected chi connectivity index (χ0v) is 14.0. The first-order chi connectivity index (χ1) is 12.5.